The average molecular weight is 425 g/mol. The van der Waals surface area contributed by atoms with E-state index in [4.69, 9.17) is 4.74 Å². The van der Waals surface area contributed by atoms with E-state index in [0.29, 0.717) is 22.9 Å². The first-order chi connectivity index (χ1) is 14.5. The van der Waals surface area contributed by atoms with Gasteiger partial charge in [0.1, 0.15) is 5.01 Å². The standard InChI is InChI=1S/C22H24N4O3S/c1-15(11-12-16-7-4-3-5-8-16)23-20(27)17-9-6-10-18(13-17)24-21(28)22-26-25-19(30-22)14-29-2/h3-10,13,15H,11-12,14H2,1-2H3,(H,23,27)(H,24,28)/t15-/m0/s1. The van der Waals surface area contributed by atoms with Gasteiger partial charge >= 0.3 is 0 Å². The Labute approximate surface area is 179 Å². The van der Waals surface area contributed by atoms with Crippen molar-refractivity contribution in [3.05, 3.63) is 75.7 Å². The molecule has 0 aliphatic carbocycles. The zero-order valence-electron chi connectivity index (χ0n) is 16.9. The van der Waals surface area contributed by atoms with Crippen LogP contribution in [0.2, 0.25) is 0 Å². The monoisotopic (exact) mass is 424 g/mol. The number of methoxy groups -OCH3 is 1. The molecule has 3 aromatic rings. The predicted molar refractivity (Wildman–Crippen MR) is 117 cm³/mol. The molecule has 0 saturated heterocycles. The lowest BCUT2D eigenvalue weighted by Crippen LogP contribution is -2.32. The van der Waals surface area contributed by atoms with Crippen molar-refractivity contribution < 1.29 is 14.3 Å². The van der Waals surface area contributed by atoms with Crippen molar-refractivity contribution in [3.8, 4) is 0 Å². The van der Waals surface area contributed by atoms with E-state index in [1.807, 2.05) is 25.1 Å². The van der Waals surface area contributed by atoms with Crippen molar-refractivity contribution in [1.29, 1.82) is 0 Å². The Bertz CT molecular complexity index is 991. The van der Waals surface area contributed by atoms with Crippen LogP contribution in [0.4, 0.5) is 5.69 Å². The van der Waals surface area contributed by atoms with Gasteiger partial charge in [0, 0.05) is 24.4 Å². The van der Waals surface area contributed by atoms with Crippen molar-refractivity contribution >= 4 is 28.8 Å². The molecule has 0 saturated carbocycles. The van der Waals surface area contributed by atoms with Gasteiger partial charge in [0.25, 0.3) is 11.8 Å². The van der Waals surface area contributed by atoms with Crippen LogP contribution in [-0.4, -0.2) is 35.2 Å². The Kier molecular flexibility index (Phi) is 7.64. The van der Waals surface area contributed by atoms with Gasteiger partial charge in [-0.2, -0.15) is 0 Å². The van der Waals surface area contributed by atoms with E-state index in [0.717, 1.165) is 12.8 Å². The first-order valence-electron chi connectivity index (χ1n) is 9.62. The molecule has 30 heavy (non-hydrogen) atoms. The highest BCUT2D eigenvalue weighted by Crippen LogP contribution is 2.16. The summed E-state index contributed by atoms with van der Waals surface area (Å²) < 4.78 is 4.99. The Morgan fingerprint density at radius 2 is 1.87 bits per heavy atom. The lowest BCUT2D eigenvalue weighted by atomic mass is 10.1. The van der Waals surface area contributed by atoms with Crippen LogP contribution in [0.15, 0.2) is 54.6 Å². The molecule has 0 spiro atoms. The number of aryl methyl sites for hydroxylation is 1. The highest BCUT2D eigenvalue weighted by Gasteiger charge is 2.15. The first-order valence-corrected chi connectivity index (χ1v) is 10.4. The van der Waals surface area contributed by atoms with Crippen molar-refractivity contribution in [3.63, 3.8) is 0 Å². The zero-order chi connectivity index (χ0) is 21.3. The third-order valence-electron chi connectivity index (χ3n) is 4.40. The topological polar surface area (TPSA) is 93.2 Å². The van der Waals surface area contributed by atoms with E-state index in [9.17, 15) is 9.59 Å². The number of rotatable bonds is 9. The summed E-state index contributed by atoms with van der Waals surface area (Å²) in [6, 6.07) is 17.0. The summed E-state index contributed by atoms with van der Waals surface area (Å²) in [7, 11) is 1.56. The number of benzene rings is 2. The fourth-order valence-corrected chi connectivity index (χ4v) is 3.56. The highest BCUT2D eigenvalue weighted by molar-refractivity contribution is 7.13. The van der Waals surface area contributed by atoms with Gasteiger partial charge in [-0.1, -0.05) is 47.7 Å². The zero-order valence-corrected chi connectivity index (χ0v) is 17.7. The summed E-state index contributed by atoms with van der Waals surface area (Å²) in [4.78, 5) is 25.0. The third kappa shape index (κ3) is 6.20. The van der Waals surface area contributed by atoms with Gasteiger partial charge < -0.3 is 15.4 Å². The number of nitrogens with one attached hydrogen (secondary N) is 2. The fraction of sp³-hybridized carbons (Fsp3) is 0.273. The molecule has 7 nitrogen and oxygen atoms in total. The van der Waals surface area contributed by atoms with Crippen molar-refractivity contribution in [2.75, 3.05) is 12.4 Å². The number of carbonyl (C=O) groups is 2. The van der Waals surface area contributed by atoms with Gasteiger partial charge in [-0.3, -0.25) is 9.59 Å². The summed E-state index contributed by atoms with van der Waals surface area (Å²) in [6.45, 7) is 2.29. The Hall–Kier alpha value is -3.10. The van der Waals surface area contributed by atoms with Gasteiger partial charge in [-0.15, -0.1) is 10.2 Å². The van der Waals surface area contributed by atoms with Gasteiger partial charge in [-0.25, -0.2) is 0 Å². The molecule has 1 heterocycles. The fourth-order valence-electron chi connectivity index (χ4n) is 2.86. The Balaban J connectivity index is 1.55. The van der Waals surface area contributed by atoms with Crippen LogP contribution in [0.25, 0.3) is 0 Å². The molecule has 0 aliphatic heterocycles. The molecule has 8 heteroatoms. The van der Waals surface area contributed by atoms with Crippen LogP contribution >= 0.6 is 11.3 Å². The minimum absolute atomic E-state index is 0.0246. The first kappa shape index (κ1) is 21.6. The Morgan fingerprint density at radius 3 is 2.63 bits per heavy atom. The summed E-state index contributed by atoms with van der Waals surface area (Å²) in [5.41, 5.74) is 2.25. The van der Waals surface area contributed by atoms with E-state index in [1.165, 1.54) is 16.9 Å². The van der Waals surface area contributed by atoms with Crippen LogP contribution in [0.3, 0.4) is 0 Å². The van der Waals surface area contributed by atoms with Crippen LogP contribution in [-0.2, 0) is 17.8 Å². The molecule has 0 fully saturated rings. The number of nitrogens with zero attached hydrogens (tertiary/aromatic N) is 2. The summed E-state index contributed by atoms with van der Waals surface area (Å²) in [6.07, 6.45) is 1.73. The van der Waals surface area contributed by atoms with Gasteiger partial charge in [0.15, 0.2) is 0 Å². The number of carbonyl (C=O) groups excluding carboxylic acids is 2. The minimum Gasteiger partial charge on any atom is -0.377 e. The number of hydrogen-bond acceptors (Lipinski definition) is 6. The molecule has 2 aromatic carbocycles. The molecule has 0 unspecified atom stereocenters. The van der Waals surface area contributed by atoms with E-state index >= 15 is 0 Å². The third-order valence-corrected chi connectivity index (χ3v) is 5.29. The molecule has 2 amide bonds. The predicted octanol–water partition coefficient (Wildman–Crippen LogP) is 3.69. The van der Waals surface area contributed by atoms with E-state index < -0.39 is 0 Å². The van der Waals surface area contributed by atoms with Crippen LogP contribution in [0.5, 0.6) is 0 Å². The quantitative estimate of drug-likeness (QED) is 0.546. The maximum atomic E-state index is 12.6. The molecule has 156 valence electrons. The summed E-state index contributed by atoms with van der Waals surface area (Å²) in [5.74, 6) is -0.548. The second kappa shape index (κ2) is 10.6. The highest BCUT2D eigenvalue weighted by atomic mass is 32.1. The SMILES string of the molecule is COCc1nnc(C(=O)Nc2cccc(C(=O)N[C@@H](C)CCc3ccccc3)c2)s1. The average Bonchev–Trinajstić information content (AvgIpc) is 3.22. The second-order valence-corrected chi connectivity index (χ2v) is 7.93. The smallest absolute Gasteiger partial charge is 0.286 e. The normalized spacial score (nSPS) is 11.7. The van der Waals surface area contributed by atoms with E-state index in [1.54, 1.807) is 31.4 Å². The number of amides is 2. The molecule has 0 aliphatic rings. The van der Waals surface area contributed by atoms with Gasteiger partial charge in [-0.05, 0) is 43.5 Å². The Morgan fingerprint density at radius 1 is 1.07 bits per heavy atom. The lowest BCUT2D eigenvalue weighted by molar-refractivity contribution is 0.0937. The number of anilines is 1. The van der Waals surface area contributed by atoms with Crippen molar-refractivity contribution in [1.82, 2.24) is 15.5 Å². The summed E-state index contributed by atoms with van der Waals surface area (Å²) >= 11 is 1.17. The van der Waals surface area contributed by atoms with Gasteiger partial charge in [0.2, 0.25) is 5.01 Å². The number of aromatic nitrogens is 2. The van der Waals surface area contributed by atoms with E-state index in [2.05, 4.69) is 33.0 Å². The molecule has 3 rings (SSSR count). The maximum Gasteiger partial charge on any atom is 0.286 e. The molecule has 1 aromatic heterocycles. The van der Waals surface area contributed by atoms with Crippen LogP contribution < -0.4 is 10.6 Å². The van der Waals surface area contributed by atoms with Gasteiger partial charge in [0.05, 0.1) is 6.61 Å². The lowest BCUT2D eigenvalue weighted by Gasteiger charge is -2.14. The van der Waals surface area contributed by atoms with Crippen molar-refractivity contribution in [2.24, 2.45) is 0 Å². The number of hydrogen-bond donors (Lipinski definition) is 2. The maximum absolute atomic E-state index is 12.6. The molecular formula is C22H24N4O3S. The largest absolute Gasteiger partial charge is 0.377 e. The molecule has 1 atom stereocenters. The second-order valence-electron chi connectivity index (χ2n) is 6.87. The molecule has 0 bridgehead atoms. The summed E-state index contributed by atoms with van der Waals surface area (Å²) in [5, 5.41) is 14.4. The van der Waals surface area contributed by atoms with Crippen LogP contribution in [0.1, 0.15) is 44.1 Å². The number of ether oxygens (including phenoxy) is 1. The van der Waals surface area contributed by atoms with Crippen LogP contribution in [0, 0.1) is 0 Å². The molecule has 2 N–H and O–H groups in total. The molecular weight excluding hydrogens is 400 g/mol. The van der Waals surface area contributed by atoms with E-state index in [-0.39, 0.29) is 22.9 Å². The minimum atomic E-state index is -0.372. The molecule has 0 radical (unpaired) electrons. The van der Waals surface area contributed by atoms with Crippen molar-refractivity contribution in [2.45, 2.75) is 32.4 Å².